The fourth-order valence-corrected chi connectivity index (χ4v) is 5.49. The number of halogens is 2. The first-order chi connectivity index (χ1) is 15.4. The molecule has 2 aliphatic rings. The summed E-state index contributed by atoms with van der Waals surface area (Å²) in [6.45, 7) is 8.92. The number of aromatic nitrogens is 2. The Morgan fingerprint density at radius 2 is 1.97 bits per heavy atom. The fraction of sp³-hybridized carbons (Fsp3) is 0.583. The highest BCUT2D eigenvalue weighted by Gasteiger charge is 2.37. The minimum Gasteiger partial charge on any atom is -0.396 e. The molecule has 2 saturated heterocycles. The zero-order valence-electron chi connectivity index (χ0n) is 18.8. The molecule has 32 heavy (non-hydrogen) atoms. The Morgan fingerprint density at radius 1 is 1.16 bits per heavy atom. The third-order valence-electron chi connectivity index (χ3n) is 6.98. The molecule has 1 aromatic heterocycles. The number of aliphatic hydroxyl groups excluding tert-OH is 1. The zero-order chi connectivity index (χ0) is 22.7. The van der Waals surface area contributed by atoms with Crippen molar-refractivity contribution in [2.75, 3.05) is 43.0 Å². The Balaban J connectivity index is 1.33. The van der Waals surface area contributed by atoms with Gasteiger partial charge in [0.2, 0.25) is 0 Å². The van der Waals surface area contributed by atoms with E-state index in [4.69, 9.17) is 28.2 Å². The normalized spacial score (nSPS) is 21.8. The summed E-state index contributed by atoms with van der Waals surface area (Å²) in [5, 5.41) is 13.9. The molecule has 3 heterocycles. The van der Waals surface area contributed by atoms with Gasteiger partial charge in [0, 0.05) is 42.3 Å². The summed E-state index contributed by atoms with van der Waals surface area (Å²) in [6.07, 6.45) is 7.01. The molecule has 2 aliphatic heterocycles. The fourth-order valence-electron chi connectivity index (χ4n) is 4.92. The van der Waals surface area contributed by atoms with Crippen molar-refractivity contribution in [3.05, 3.63) is 46.2 Å². The highest BCUT2D eigenvalue weighted by atomic mass is 35.5. The summed E-state index contributed by atoms with van der Waals surface area (Å²) in [7, 11) is 0. The van der Waals surface area contributed by atoms with Crippen LogP contribution in [0.4, 0.5) is 11.6 Å². The molecule has 174 valence electrons. The van der Waals surface area contributed by atoms with Gasteiger partial charge in [-0.3, -0.25) is 4.98 Å². The molecule has 6 nitrogen and oxygen atoms in total. The van der Waals surface area contributed by atoms with E-state index in [1.807, 2.05) is 18.3 Å². The van der Waals surface area contributed by atoms with E-state index in [0.29, 0.717) is 22.0 Å². The van der Waals surface area contributed by atoms with Crippen LogP contribution in [0, 0.1) is 11.8 Å². The molecule has 3 atom stereocenters. The first kappa shape index (κ1) is 23.6. The van der Waals surface area contributed by atoms with Gasteiger partial charge in [0.15, 0.2) is 0 Å². The Kier molecular flexibility index (Phi) is 7.77. The van der Waals surface area contributed by atoms with Crippen molar-refractivity contribution >= 4 is 34.8 Å². The van der Waals surface area contributed by atoms with E-state index in [1.54, 1.807) is 12.3 Å². The molecular weight excluding hydrogens is 445 g/mol. The van der Waals surface area contributed by atoms with Crippen LogP contribution < -0.4 is 10.2 Å². The first-order valence-corrected chi connectivity index (χ1v) is 12.3. The molecule has 8 heteroatoms. The van der Waals surface area contributed by atoms with Crippen LogP contribution in [0.1, 0.15) is 44.7 Å². The van der Waals surface area contributed by atoms with Gasteiger partial charge in [0.25, 0.3) is 0 Å². The first-order valence-electron chi connectivity index (χ1n) is 11.6. The van der Waals surface area contributed by atoms with Gasteiger partial charge in [-0.15, -0.1) is 0 Å². The molecule has 2 aromatic rings. The van der Waals surface area contributed by atoms with Gasteiger partial charge in [0.1, 0.15) is 11.6 Å². The number of nitrogens with zero attached hydrogens (tertiary/aromatic N) is 4. The van der Waals surface area contributed by atoms with Gasteiger partial charge >= 0.3 is 0 Å². The minimum atomic E-state index is -0.0115. The predicted octanol–water partition coefficient (Wildman–Crippen LogP) is 4.88. The standard InChI is InChI=1S/C24H33Cl2N5O/c1-16(7-9-32)30-8-3-4-18(13-30)19-14-31(15-19)24-12-27-11-23(29-24)28-17(2)21-6-5-20(25)10-22(21)26/h5-6,10-12,16-19,32H,3-4,7-9,13-15H2,1-2H3,(H,28,29)/t16-,17+,18-/m0/s1. The van der Waals surface area contributed by atoms with Crippen LogP contribution in [0.2, 0.25) is 10.0 Å². The molecule has 2 N–H and O–H groups in total. The zero-order valence-corrected chi connectivity index (χ0v) is 20.4. The van der Waals surface area contributed by atoms with E-state index in [1.165, 1.54) is 12.8 Å². The molecule has 0 bridgehead atoms. The number of aliphatic hydroxyl groups is 1. The van der Waals surface area contributed by atoms with Crippen LogP contribution in [0.15, 0.2) is 30.6 Å². The van der Waals surface area contributed by atoms with Gasteiger partial charge in [-0.1, -0.05) is 29.3 Å². The maximum atomic E-state index is 9.26. The van der Waals surface area contributed by atoms with E-state index in [-0.39, 0.29) is 12.6 Å². The number of hydrogen-bond acceptors (Lipinski definition) is 6. The van der Waals surface area contributed by atoms with Crippen molar-refractivity contribution in [3.63, 3.8) is 0 Å². The van der Waals surface area contributed by atoms with E-state index in [0.717, 1.165) is 55.7 Å². The molecule has 2 fully saturated rings. The minimum absolute atomic E-state index is 0.0115. The van der Waals surface area contributed by atoms with Gasteiger partial charge in [-0.05, 0) is 69.2 Å². The largest absolute Gasteiger partial charge is 0.396 e. The van der Waals surface area contributed by atoms with Gasteiger partial charge in [0.05, 0.1) is 18.4 Å². The number of benzene rings is 1. The monoisotopic (exact) mass is 477 g/mol. The van der Waals surface area contributed by atoms with E-state index in [9.17, 15) is 5.11 Å². The molecule has 4 rings (SSSR count). The lowest BCUT2D eigenvalue weighted by Crippen LogP contribution is -2.54. The maximum Gasteiger partial charge on any atom is 0.149 e. The summed E-state index contributed by atoms with van der Waals surface area (Å²) < 4.78 is 0. The highest BCUT2D eigenvalue weighted by Crippen LogP contribution is 2.34. The van der Waals surface area contributed by atoms with Crippen LogP contribution in [-0.2, 0) is 0 Å². The van der Waals surface area contributed by atoms with E-state index in [2.05, 4.69) is 33.9 Å². The number of rotatable bonds is 8. The Labute approximate surface area is 200 Å². The topological polar surface area (TPSA) is 64.5 Å². The smallest absolute Gasteiger partial charge is 0.149 e. The Morgan fingerprint density at radius 3 is 2.72 bits per heavy atom. The molecule has 0 amide bonds. The molecule has 0 saturated carbocycles. The average Bonchev–Trinajstić information content (AvgIpc) is 2.73. The van der Waals surface area contributed by atoms with E-state index < -0.39 is 0 Å². The second-order valence-corrected chi connectivity index (χ2v) is 10.1. The van der Waals surface area contributed by atoms with Gasteiger partial charge in [-0.25, -0.2) is 4.98 Å². The molecule has 0 radical (unpaired) electrons. The molecule has 0 unspecified atom stereocenters. The number of anilines is 2. The van der Waals surface area contributed by atoms with Crippen molar-refractivity contribution < 1.29 is 5.11 Å². The van der Waals surface area contributed by atoms with Crippen molar-refractivity contribution in [1.82, 2.24) is 14.9 Å². The lowest BCUT2D eigenvalue weighted by Gasteiger charge is -2.48. The van der Waals surface area contributed by atoms with Crippen LogP contribution >= 0.6 is 23.2 Å². The molecule has 0 spiro atoms. The second-order valence-electron chi connectivity index (χ2n) is 9.22. The summed E-state index contributed by atoms with van der Waals surface area (Å²) in [4.78, 5) is 14.1. The van der Waals surface area contributed by atoms with Crippen molar-refractivity contribution in [1.29, 1.82) is 0 Å². The van der Waals surface area contributed by atoms with Crippen molar-refractivity contribution in [2.24, 2.45) is 11.8 Å². The summed E-state index contributed by atoms with van der Waals surface area (Å²) in [5.41, 5.74) is 0.976. The highest BCUT2D eigenvalue weighted by molar-refractivity contribution is 6.35. The predicted molar refractivity (Wildman–Crippen MR) is 132 cm³/mol. The van der Waals surface area contributed by atoms with Crippen LogP contribution in [-0.4, -0.2) is 58.8 Å². The number of likely N-dealkylation sites (tertiary alicyclic amines) is 1. The third kappa shape index (κ3) is 5.48. The van der Waals surface area contributed by atoms with Gasteiger partial charge < -0.3 is 20.2 Å². The van der Waals surface area contributed by atoms with Crippen molar-refractivity contribution in [3.8, 4) is 0 Å². The van der Waals surface area contributed by atoms with Crippen LogP contribution in [0.5, 0.6) is 0 Å². The maximum absolute atomic E-state index is 9.26. The summed E-state index contributed by atoms with van der Waals surface area (Å²) in [6, 6.07) is 6.00. The Bertz CT molecular complexity index is 908. The lowest BCUT2D eigenvalue weighted by atomic mass is 9.80. The molecule has 1 aromatic carbocycles. The van der Waals surface area contributed by atoms with Crippen LogP contribution in [0.3, 0.4) is 0 Å². The lowest BCUT2D eigenvalue weighted by molar-refractivity contribution is 0.0791. The molecule has 0 aliphatic carbocycles. The average molecular weight is 478 g/mol. The van der Waals surface area contributed by atoms with E-state index >= 15 is 0 Å². The number of piperidine rings is 1. The second kappa shape index (κ2) is 10.6. The van der Waals surface area contributed by atoms with Crippen molar-refractivity contribution in [2.45, 2.75) is 45.2 Å². The molecular formula is C24H33Cl2N5O. The summed E-state index contributed by atoms with van der Waals surface area (Å²) in [5.74, 6) is 3.08. The number of nitrogens with one attached hydrogen (secondary N) is 1. The quantitative estimate of drug-likeness (QED) is 0.564. The summed E-state index contributed by atoms with van der Waals surface area (Å²) >= 11 is 12.4. The van der Waals surface area contributed by atoms with Crippen LogP contribution in [0.25, 0.3) is 0 Å². The SMILES string of the molecule is C[C@@H](Nc1cncc(N2CC([C@H]3CCCN([C@@H](C)CCO)C3)C2)n1)c1ccc(Cl)cc1Cl. The Hall–Kier alpha value is -1.60. The number of hydrogen-bond donors (Lipinski definition) is 2. The van der Waals surface area contributed by atoms with Gasteiger partial charge in [-0.2, -0.15) is 0 Å². The third-order valence-corrected chi connectivity index (χ3v) is 7.54.